The van der Waals surface area contributed by atoms with Gasteiger partial charge in [-0.05, 0) is 40.2 Å². The largest absolute Gasteiger partial charge is 0.493 e. The fourth-order valence-electron chi connectivity index (χ4n) is 2.44. The summed E-state index contributed by atoms with van der Waals surface area (Å²) in [4.78, 5) is 0. The first-order valence-corrected chi connectivity index (χ1v) is 8.86. The molecule has 0 bridgehead atoms. The number of rotatable bonds is 7. The zero-order chi connectivity index (χ0) is 17.6. The quantitative estimate of drug-likeness (QED) is 0.745. The monoisotopic (exact) mass is 325 g/mol. The maximum absolute atomic E-state index is 5.71. The van der Waals surface area contributed by atoms with Crippen LogP contribution in [0.2, 0.25) is 0 Å². The lowest BCUT2D eigenvalue weighted by Gasteiger charge is -2.19. The van der Waals surface area contributed by atoms with Crippen molar-refractivity contribution in [3.8, 4) is 5.75 Å². The minimum Gasteiger partial charge on any atom is -0.493 e. The second-order valence-corrected chi connectivity index (χ2v) is 7.90. The Kier molecular flexibility index (Phi) is 6.44. The van der Waals surface area contributed by atoms with Crippen molar-refractivity contribution >= 4 is 0 Å². The van der Waals surface area contributed by atoms with E-state index in [4.69, 9.17) is 4.74 Å². The van der Waals surface area contributed by atoms with Crippen molar-refractivity contribution in [1.82, 2.24) is 5.32 Å². The lowest BCUT2D eigenvalue weighted by molar-refractivity contribution is 0.271. The van der Waals surface area contributed by atoms with Crippen LogP contribution in [0.5, 0.6) is 5.75 Å². The van der Waals surface area contributed by atoms with Gasteiger partial charge in [0, 0.05) is 13.1 Å². The SMILES string of the molecule is CC(C)COc1ccc(CNCc2ccc(C(C)(C)C)cc2)cc1. The Bertz CT molecular complexity index is 606. The fraction of sp³-hybridized carbons (Fsp3) is 0.455. The molecule has 2 aromatic carbocycles. The highest BCUT2D eigenvalue weighted by molar-refractivity contribution is 5.28. The van der Waals surface area contributed by atoms with Crippen LogP contribution in [0.4, 0.5) is 0 Å². The molecule has 0 unspecified atom stereocenters. The second kappa shape index (κ2) is 8.34. The molecule has 0 fully saturated rings. The molecule has 130 valence electrons. The first kappa shape index (κ1) is 18.5. The molecule has 0 heterocycles. The third kappa shape index (κ3) is 6.01. The fourth-order valence-corrected chi connectivity index (χ4v) is 2.44. The second-order valence-electron chi connectivity index (χ2n) is 7.90. The van der Waals surface area contributed by atoms with Crippen molar-refractivity contribution in [3.05, 3.63) is 65.2 Å². The maximum atomic E-state index is 5.71. The van der Waals surface area contributed by atoms with Gasteiger partial charge in [-0.2, -0.15) is 0 Å². The Morgan fingerprint density at radius 1 is 0.833 bits per heavy atom. The maximum Gasteiger partial charge on any atom is 0.119 e. The summed E-state index contributed by atoms with van der Waals surface area (Å²) in [6.45, 7) is 13.6. The smallest absolute Gasteiger partial charge is 0.119 e. The van der Waals surface area contributed by atoms with Crippen molar-refractivity contribution in [2.24, 2.45) is 5.92 Å². The third-order valence-electron chi connectivity index (χ3n) is 3.98. The Balaban J connectivity index is 1.79. The summed E-state index contributed by atoms with van der Waals surface area (Å²) >= 11 is 0. The standard InChI is InChI=1S/C22H31NO/c1-17(2)16-24-21-12-8-19(9-13-21)15-23-14-18-6-10-20(11-7-18)22(3,4)5/h6-13,17,23H,14-16H2,1-5H3. The van der Waals surface area contributed by atoms with Crippen LogP contribution in [-0.4, -0.2) is 6.61 Å². The topological polar surface area (TPSA) is 21.3 Å². The van der Waals surface area contributed by atoms with Gasteiger partial charge in [0.05, 0.1) is 6.61 Å². The van der Waals surface area contributed by atoms with Gasteiger partial charge in [0.25, 0.3) is 0 Å². The third-order valence-corrected chi connectivity index (χ3v) is 3.98. The molecule has 0 aliphatic carbocycles. The van der Waals surface area contributed by atoms with E-state index in [1.165, 1.54) is 16.7 Å². The van der Waals surface area contributed by atoms with E-state index < -0.39 is 0 Å². The highest BCUT2D eigenvalue weighted by atomic mass is 16.5. The van der Waals surface area contributed by atoms with E-state index in [0.717, 1.165) is 25.4 Å². The number of benzene rings is 2. The zero-order valence-corrected chi connectivity index (χ0v) is 15.7. The molecule has 0 amide bonds. The number of ether oxygens (including phenoxy) is 1. The first-order chi connectivity index (χ1) is 11.3. The van der Waals surface area contributed by atoms with Crippen molar-refractivity contribution in [1.29, 1.82) is 0 Å². The minimum atomic E-state index is 0.214. The molecule has 0 spiro atoms. The normalized spacial score (nSPS) is 11.8. The van der Waals surface area contributed by atoms with Crippen molar-refractivity contribution in [2.45, 2.75) is 53.1 Å². The van der Waals surface area contributed by atoms with E-state index in [1.807, 2.05) is 0 Å². The Morgan fingerprint density at radius 2 is 1.33 bits per heavy atom. The van der Waals surface area contributed by atoms with E-state index >= 15 is 0 Å². The van der Waals surface area contributed by atoms with Crippen molar-refractivity contribution in [3.63, 3.8) is 0 Å². The van der Waals surface area contributed by atoms with Crippen LogP contribution < -0.4 is 10.1 Å². The highest BCUT2D eigenvalue weighted by Crippen LogP contribution is 2.22. The van der Waals surface area contributed by atoms with Crippen molar-refractivity contribution < 1.29 is 4.74 Å². The molecule has 0 aliphatic rings. The van der Waals surface area contributed by atoms with Gasteiger partial charge in [-0.25, -0.2) is 0 Å². The predicted octanol–water partition coefficient (Wildman–Crippen LogP) is 5.31. The summed E-state index contributed by atoms with van der Waals surface area (Å²) in [5.74, 6) is 1.50. The molecule has 0 saturated carbocycles. The summed E-state index contributed by atoms with van der Waals surface area (Å²) in [5, 5.41) is 3.51. The molecule has 2 nitrogen and oxygen atoms in total. The predicted molar refractivity (Wildman–Crippen MR) is 102 cm³/mol. The van der Waals surface area contributed by atoms with Gasteiger partial charge >= 0.3 is 0 Å². The summed E-state index contributed by atoms with van der Waals surface area (Å²) in [7, 11) is 0. The summed E-state index contributed by atoms with van der Waals surface area (Å²) < 4.78 is 5.71. The van der Waals surface area contributed by atoms with Gasteiger partial charge in [-0.1, -0.05) is 71.0 Å². The van der Waals surface area contributed by atoms with Gasteiger partial charge in [-0.3, -0.25) is 0 Å². The average molecular weight is 325 g/mol. The van der Waals surface area contributed by atoms with E-state index in [-0.39, 0.29) is 5.41 Å². The van der Waals surface area contributed by atoms with Gasteiger partial charge in [0.2, 0.25) is 0 Å². The lowest BCUT2D eigenvalue weighted by atomic mass is 9.87. The Morgan fingerprint density at radius 3 is 1.79 bits per heavy atom. The van der Waals surface area contributed by atoms with Crippen LogP contribution >= 0.6 is 0 Å². The van der Waals surface area contributed by atoms with E-state index in [2.05, 4.69) is 88.5 Å². The molecule has 1 N–H and O–H groups in total. The van der Waals surface area contributed by atoms with Gasteiger partial charge in [0.15, 0.2) is 0 Å². The van der Waals surface area contributed by atoms with Crippen LogP contribution in [-0.2, 0) is 18.5 Å². The Hall–Kier alpha value is -1.80. The van der Waals surface area contributed by atoms with Crippen LogP contribution in [0.3, 0.4) is 0 Å². The molecular formula is C22H31NO. The lowest BCUT2D eigenvalue weighted by Crippen LogP contribution is -2.14. The molecule has 2 rings (SSSR count). The Labute approximate surface area is 147 Å². The number of nitrogens with one attached hydrogen (secondary N) is 1. The molecule has 0 radical (unpaired) electrons. The van der Waals surface area contributed by atoms with Crippen LogP contribution in [0.25, 0.3) is 0 Å². The average Bonchev–Trinajstić information content (AvgIpc) is 2.54. The summed E-state index contributed by atoms with van der Waals surface area (Å²) in [5.41, 5.74) is 4.19. The zero-order valence-electron chi connectivity index (χ0n) is 15.7. The van der Waals surface area contributed by atoms with Crippen LogP contribution in [0.1, 0.15) is 51.3 Å². The molecule has 0 aliphatic heterocycles. The summed E-state index contributed by atoms with van der Waals surface area (Å²) in [6.07, 6.45) is 0. The van der Waals surface area contributed by atoms with Gasteiger partial charge in [-0.15, -0.1) is 0 Å². The molecule has 0 saturated heterocycles. The van der Waals surface area contributed by atoms with E-state index in [0.29, 0.717) is 5.92 Å². The van der Waals surface area contributed by atoms with Gasteiger partial charge in [0.1, 0.15) is 5.75 Å². The number of hydrogen-bond donors (Lipinski definition) is 1. The number of hydrogen-bond acceptors (Lipinski definition) is 2. The molecule has 2 aromatic rings. The van der Waals surface area contributed by atoms with Crippen molar-refractivity contribution in [2.75, 3.05) is 6.61 Å². The van der Waals surface area contributed by atoms with E-state index in [1.54, 1.807) is 0 Å². The highest BCUT2D eigenvalue weighted by Gasteiger charge is 2.12. The van der Waals surface area contributed by atoms with Crippen LogP contribution in [0, 0.1) is 5.92 Å². The van der Waals surface area contributed by atoms with E-state index in [9.17, 15) is 0 Å². The summed E-state index contributed by atoms with van der Waals surface area (Å²) in [6, 6.07) is 17.3. The molecular weight excluding hydrogens is 294 g/mol. The molecule has 0 atom stereocenters. The van der Waals surface area contributed by atoms with Crippen LogP contribution in [0.15, 0.2) is 48.5 Å². The molecule has 0 aromatic heterocycles. The first-order valence-electron chi connectivity index (χ1n) is 8.86. The minimum absolute atomic E-state index is 0.214. The molecule has 24 heavy (non-hydrogen) atoms. The molecule has 2 heteroatoms. The van der Waals surface area contributed by atoms with Gasteiger partial charge < -0.3 is 10.1 Å².